The number of nitrogens with zero attached hydrogens (tertiary/aromatic N) is 4. The fraction of sp³-hybridized carbons (Fsp3) is 0.241. The van der Waals surface area contributed by atoms with Gasteiger partial charge in [0, 0.05) is 37.0 Å². The van der Waals surface area contributed by atoms with E-state index < -0.39 is 11.7 Å². The van der Waals surface area contributed by atoms with Crippen LogP contribution in [0.15, 0.2) is 73.8 Å². The first-order valence-corrected chi connectivity index (χ1v) is 12.5. The molecule has 0 radical (unpaired) electrons. The van der Waals surface area contributed by atoms with Gasteiger partial charge >= 0.3 is 0 Å². The third-order valence-corrected chi connectivity index (χ3v) is 7.31. The summed E-state index contributed by atoms with van der Waals surface area (Å²) in [5, 5.41) is 2.73. The molecule has 0 spiro atoms. The zero-order valence-corrected chi connectivity index (χ0v) is 20.2. The average molecular weight is 496 g/mol. The van der Waals surface area contributed by atoms with Gasteiger partial charge in [-0.15, -0.1) is 0 Å². The lowest BCUT2D eigenvalue weighted by atomic mass is 9.98. The molecule has 6 rings (SSSR count). The Kier molecular flexibility index (Phi) is 5.79. The summed E-state index contributed by atoms with van der Waals surface area (Å²) in [5.74, 6) is -0.114. The lowest BCUT2D eigenvalue weighted by molar-refractivity contribution is -0.125. The van der Waals surface area contributed by atoms with Crippen LogP contribution in [0.1, 0.15) is 52.6 Å². The summed E-state index contributed by atoms with van der Waals surface area (Å²) in [6.45, 7) is 4.87. The first-order chi connectivity index (χ1) is 18.0. The fourth-order valence-corrected chi connectivity index (χ4v) is 5.20. The van der Waals surface area contributed by atoms with E-state index in [2.05, 4.69) is 21.9 Å². The monoisotopic (exact) mass is 495 g/mol. The molecule has 8 heteroatoms. The van der Waals surface area contributed by atoms with Gasteiger partial charge in [-0.1, -0.05) is 12.6 Å². The minimum Gasteiger partial charge on any atom is -0.339 e. The summed E-state index contributed by atoms with van der Waals surface area (Å²) in [5.41, 5.74) is 4.55. The lowest BCUT2D eigenvalue weighted by Gasteiger charge is -2.13. The number of fused-ring (bicyclic) bond motifs is 1. The highest BCUT2D eigenvalue weighted by atomic mass is 19.1. The van der Waals surface area contributed by atoms with Crippen molar-refractivity contribution in [1.82, 2.24) is 19.3 Å². The van der Waals surface area contributed by atoms with Crippen LogP contribution in [-0.4, -0.2) is 44.2 Å². The molecule has 1 saturated heterocycles. The van der Waals surface area contributed by atoms with Crippen LogP contribution < -0.4 is 5.32 Å². The molecule has 186 valence electrons. The van der Waals surface area contributed by atoms with Gasteiger partial charge in [0.15, 0.2) is 0 Å². The molecule has 1 N–H and O–H groups in total. The van der Waals surface area contributed by atoms with E-state index in [-0.39, 0.29) is 17.4 Å². The van der Waals surface area contributed by atoms with Crippen molar-refractivity contribution in [3.05, 3.63) is 96.3 Å². The van der Waals surface area contributed by atoms with Crippen LogP contribution in [0, 0.1) is 5.82 Å². The third-order valence-electron chi connectivity index (χ3n) is 7.31. The quantitative estimate of drug-likeness (QED) is 0.375. The highest BCUT2D eigenvalue weighted by Gasteiger charge is 2.29. The molecular formula is C29H26FN5O2. The highest BCUT2D eigenvalue weighted by molar-refractivity contribution is 6.04. The van der Waals surface area contributed by atoms with Crippen LogP contribution in [0.2, 0.25) is 0 Å². The van der Waals surface area contributed by atoms with Gasteiger partial charge in [0.2, 0.25) is 5.91 Å². The third kappa shape index (κ3) is 4.39. The van der Waals surface area contributed by atoms with Crippen LogP contribution >= 0.6 is 0 Å². The van der Waals surface area contributed by atoms with Gasteiger partial charge in [0.25, 0.3) is 5.91 Å². The number of likely N-dealkylation sites (tertiary alicyclic amines) is 1. The van der Waals surface area contributed by atoms with Crippen molar-refractivity contribution in [1.29, 1.82) is 0 Å². The summed E-state index contributed by atoms with van der Waals surface area (Å²) in [7, 11) is 0. The Bertz CT molecular complexity index is 1540. The normalized spacial score (nSPS) is 17.2. The number of hydrogen-bond donors (Lipinski definition) is 1. The summed E-state index contributed by atoms with van der Waals surface area (Å²) in [4.78, 5) is 35.2. The largest absolute Gasteiger partial charge is 0.339 e. The standard InChI is InChI=1S/C29H26FN5O2/c1-2-28(36)34-12-9-21(16-34)23-15-26(35-17-31-10-8-25(23)35)20-5-6-22(24(30)13-20)29(37)33-27-14-19(7-11-32-27)18-3-4-18/h2,5-8,10-11,13-15,17-18,21H,1,3-4,9,12,16H2,(H,32,33,37). The molecule has 1 atom stereocenters. The van der Waals surface area contributed by atoms with E-state index in [0.29, 0.717) is 30.4 Å². The summed E-state index contributed by atoms with van der Waals surface area (Å²) in [6, 6.07) is 12.4. The maximum Gasteiger partial charge on any atom is 0.259 e. The lowest BCUT2D eigenvalue weighted by Crippen LogP contribution is -2.26. The van der Waals surface area contributed by atoms with E-state index in [1.54, 1.807) is 29.7 Å². The minimum absolute atomic E-state index is 0.0454. The molecule has 1 aliphatic carbocycles. The smallest absolute Gasteiger partial charge is 0.259 e. The van der Waals surface area contributed by atoms with Crippen molar-refractivity contribution in [2.24, 2.45) is 0 Å². The Hall–Kier alpha value is -4.33. The van der Waals surface area contributed by atoms with E-state index in [1.165, 1.54) is 18.2 Å². The van der Waals surface area contributed by atoms with Crippen LogP contribution in [0.3, 0.4) is 0 Å². The Morgan fingerprint density at radius 1 is 1.05 bits per heavy atom. The molecule has 37 heavy (non-hydrogen) atoms. The van der Waals surface area contributed by atoms with Crippen molar-refractivity contribution in [3.63, 3.8) is 0 Å². The molecule has 1 saturated carbocycles. The Morgan fingerprint density at radius 3 is 2.70 bits per heavy atom. The second-order valence-electron chi connectivity index (χ2n) is 9.69. The highest BCUT2D eigenvalue weighted by Crippen LogP contribution is 2.40. The van der Waals surface area contributed by atoms with Crippen molar-refractivity contribution < 1.29 is 14.0 Å². The molecule has 4 aromatic rings. The SMILES string of the molecule is C=CC(=O)N1CCC(c2cc(-c3ccc(C(=O)Nc4cc(C5CC5)ccn4)c(F)c3)n3cnccc23)C1. The molecule has 1 unspecified atom stereocenters. The van der Waals surface area contributed by atoms with Crippen LogP contribution in [0.5, 0.6) is 0 Å². The molecule has 2 fully saturated rings. The number of hydrogen-bond acceptors (Lipinski definition) is 4. The van der Waals surface area contributed by atoms with Crippen molar-refractivity contribution in [2.45, 2.75) is 31.1 Å². The maximum atomic E-state index is 15.2. The van der Waals surface area contributed by atoms with Gasteiger partial charge < -0.3 is 14.6 Å². The zero-order valence-electron chi connectivity index (χ0n) is 20.2. The number of pyridine rings is 1. The van der Waals surface area contributed by atoms with Crippen LogP contribution in [0.25, 0.3) is 16.8 Å². The number of nitrogens with one attached hydrogen (secondary N) is 1. The molecule has 2 amide bonds. The second-order valence-corrected chi connectivity index (χ2v) is 9.69. The van der Waals surface area contributed by atoms with Crippen molar-refractivity contribution in [3.8, 4) is 11.3 Å². The van der Waals surface area contributed by atoms with Gasteiger partial charge in [-0.05, 0) is 78.8 Å². The second kappa shape index (κ2) is 9.28. The number of carbonyl (C=O) groups excluding carboxylic acids is 2. The maximum absolute atomic E-state index is 15.2. The van der Waals surface area contributed by atoms with Gasteiger partial charge in [-0.3, -0.25) is 9.59 Å². The van der Waals surface area contributed by atoms with Gasteiger partial charge in [-0.25, -0.2) is 14.4 Å². The van der Waals surface area contributed by atoms with Crippen LogP contribution in [0.4, 0.5) is 10.2 Å². The molecule has 1 aliphatic heterocycles. The summed E-state index contributed by atoms with van der Waals surface area (Å²) in [6.07, 6.45) is 9.57. The van der Waals surface area contributed by atoms with E-state index in [9.17, 15) is 9.59 Å². The zero-order chi connectivity index (χ0) is 25.5. The predicted molar refractivity (Wildman–Crippen MR) is 139 cm³/mol. The van der Waals surface area contributed by atoms with Crippen molar-refractivity contribution in [2.75, 3.05) is 18.4 Å². The van der Waals surface area contributed by atoms with Crippen molar-refractivity contribution >= 4 is 23.1 Å². The number of benzene rings is 1. The fourth-order valence-electron chi connectivity index (χ4n) is 5.20. The van der Waals surface area contributed by atoms with Gasteiger partial charge in [-0.2, -0.15) is 0 Å². The number of halogens is 1. The number of carbonyl (C=O) groups is 2. The molecular weight excluding hydrogens is 469 g/mol. The minimum atomic E-state index is -0.614. The molecule has 7 nitrogen and oxygen atoms in total. The number of amides is 2. The molecule has 2 aliphatic rings. The number of anilines is 1. The molecule has 1 aromatic carbocycles. The Labute approximate surface area is 213 Å². The first kappa shape index (κ1) is 23.1. The van der Waals surface area contributed by atoms with E-state index in [1.807, 2.05) is 28.7 Å². The average Bonchev–Trinajstić information content (AvgIpc) is 3.53. The van der Waals surface area contributed by atoms with Crippen LogP contribution in [-0.2, 0) is 4.79 Å². The number of rotatable bonds is 6. The summed E-state index contributed by atoms with van der Waals surface area (Å²) < 4.78 is 17.2. The molecule has 3 aromatic heterocycles. The first-order valence-electron chi connectivity index (χ1n) is 12.5. The molecule has 4 heterocycles. The van der Waals surface area contributed by atoms with E-state index in [0.717, 1.165) is 41.6 Å². The predicted octanol–water partition coefficient (Wildman–Crippen LogP) is 5.17. The van der Waals surface area contributed by atoms with E-state index >= 15 is 4.39 Å². The molecule has 0 bridgehead atoms. The van der Waals surface area contributed by atoms with E-state index in [4.69, 9.17) is 0 Å². The Balaban J connectivity index is 1.28. The topological polar surface area (TPSA) is 79.6 Å². The van der Waals surface area contributed by atoms with Gasteiger partial charge in [0.1, 0.15) is 11.6 Å². The van der Waals surface area contributed by atoms with Gasteiger partial charge in [0.05, 0.1) is 23.1 Å². The summed E-state index contributed by atoms with van der Waals surface area (Å²) >= 11 is 0. The number of aromatic nitrogens is 3. The Morgan fingerprint density at radius 2 is 1.92 bits per heavy atom.